The van der Waals surface area contributed by atoms with Crippen molar-refractivity contribution in [3.63, 3.8) is 0 Å². The van der Waals surface area contributed by atoms with Gasteiger partial charge in [-0.15, -0.1) is 11.8 Å². The molecule has 1 heterocycles. The van der Waals surface area contributed by atoms with Gasteiger partial charge in [0.25, 0.3) is 0 Å². The number of nitrogens with one attached hydrogen (secondary N) is 1. The summed E-state index contributed by atoms with van der Waals surface area (Å²) in [5.41, 5.74) is 4.97. The number of carbonyl (C=O) groups is 1. The molecule has 0 spiro atoms. The number of carbonyl (C=O) groups excluding carboxylic acids is 1. The first-order valence-electron chi connectivity index (χ1n) is 9.45. The number of hydrogen-bond acceptors (Lipinski definition) is 4. The van der Waals surface area contributed by atoms with Crippen molar-refractivity contribution in [1.29, 1.82) is 0 Å². The van der Waals surface area contributed by atoms with Crippen molar-refractivity contribution in [2.45, 2.75) is 31.8 Å². The van der Waals surface area contributed by atoms with E-state index in [1.807, 2.05) is 0 Å². The molecular formula is C22H28N2O2S. The van der Waals surface area contributed by atoms with Crippen LogP contribution in [0.2, 0.25) is 0 Å². The number of amides is 1. The van der Waals surface area contributed by atoms with Crippen molar-refractivity contribution in [1.82, 2.24) is 10.2 Å². The number of aryl methyl sites for hydroxylation is 2. The second-order valence-electron chi connectivity index (χ2n) is 7.02. The number of hydrogen-bond donors (Lipinski definition) is 1. The minimum absolute atomic E-state index is 0.0654. The minimum atomic E-state index is 0.0654. The zero-order valence-corrected chi connectivity index (χ0v) is 17.0. The molecule has 0 unspecified atom stereocenters. The molecule has 1 N–H and O–H groups in total. The summed E-state index contributed by atoms with van der Waals surface area (Å²) in [6.45, 7) is 9.37. The smallest absolute Gasteiger partial charge is 0.230 e. The second kappa shape index (κ2) is 9.93. The molecule has 5 heteroatoms. The van der Waals surface area contributed by atoms with E-state index in [0.717, 1.165) is 43.3 Å². The summed E-state index contributed by atoms with van der Waals surface area (Å²) in [4.78, 5) is 15.7. The zero-order valence-electron chi connectivity index (χ0n) is 16.2. The van der Waals surface area contributed by atoms with E-state index in [-0.39, 0.29) is 5.91 Å². The number of benzene rings is 2. The monoisotopic (exact) mass is 384 g/mol. The largest absolute Gasteiger partial charge is 0.379 e. The van der Waals surface area contributed by atoms with Crippen LogP contribution in [0.4, 0.5) is 0 Å². The molecular weight excluding hydrogens is 356 g/mol. The Kier molecular flexibility index (Phi) is 7.33. The number of ether oxygens (including phenoxy) is 1. The van der Waals surface area contributed by atoms with E-state index in [0.29, 0.717) is 12.3 Å². The van der Waals surface area contributed by atoms with Crippen LogP contribution in [0, 0.1) is 13.8 Å². The summed E-state index contributed by atoms with van der Waals surface area (Å²) in [6, 6.07) is 14.8. The highest BCUT2D eigenvalue weighted by Crippen LogP contribution is 2.20. The summed E-state index contributed by atoms with van der Waals surface area (Å²) in [5, 5.41) is 3.01. The maximum atomic E-state index is 12.1. The molecule has 4 nitrogen and oxygen atoms in total. The van der Waals surface area contributed by atoms with E-state index < -0.39 is 0 Å². The Morgan fingerprint density at radius 2 is 1.74 bits per heavy atom. The van der Waals surface area contributed by atoms with Gasteiger partial charge in [-0.05, 0) is 48.2 Å². The summed E-state index contributed by atoms with van der Waals surface area (Å²) in [5.74, 6) is 0.507. The Hall–Kier alpha value is -1.82. The average Bonchev–Trinajstić information content (AvgIpc) is 2.69. The van der Waals surface area contributed by atoms with Crippen LogP contribution in [0.25, 0.3) is 0 Å². The molecule has 0 atom stereocenters. The van der Waals surface area contributed by atoms with Crippen LogP contribution >= 0.6 is 11.8 Å². The van der Waals surface area contributed by atoms with Crippen molar-refractivity contribution >= 4 is 17.7 Å². The van der Waals surface area contributed by atoms with Gasteiger partial charge in [0.05, 0.1) is 19.0 Å². The van der Waals surface area contributed by atoms with Gasteiger partial charge in [-0.1, -0.05) is 30.3 Å². The molecule has 1 amide bonds. The maximum absolute atomic E-state index is 12.1. The van der Waals surface area contributed by atoms with Crippen LogP contribution in [0.3, 0.4) is 0 Å². The highest BCUT2D eigenvalue weighted by molar-refractivity contribution is 8.00. The molecule has 2 aromatic carbocycles. The van der Waals surface area contributed by atoms with E-state index in [1.165, 1.54) is 16.7 Å². The molecule has 1 saturated heterocycles. The van der Waals surface area contributed by atoms with Gasteiger partial charge in [-0.2, -0.15) is 0 Å². The minimum Gasteiger partial charge on any atom is -0.379 e. The Bertz CT molecular complexity index is 755. The van der Waals surface area contributed by atoms with Crippen molar-refractivity contribution in [2.24, 2.45) is 0 Å². The first-order valence-corrected chi connectivity index (χ1v) is 10.4. The van der Waals surface area contributed by atoms with Crippen LogP contribution in [-0.4, -0.2) is 42.9 Å². The van der Waals surface area contributed by atoms with E-state index in [2.05, 4.69) is 66.5 Å². The Morgan fingerprint density at radius 3 is 2.44 bits per heavy atom. The van der Waals surface area contributed by atoms with Crippen LogP contribution in [0.15, 0.2) is 47.4 Å². The molecule has 0 aromatic heterocycles. The molecule has 2 aromatic rings. The molecule has 1 fully saturated rings. The number of thioether (sulfide) groups is 1. The molecule has 0 bridgehead atoms. The van der Waals surface area contributed by atoms with Gasteiger partial charge in [0.2, 0.25) is 5.91 Å². The summed E-state index contributed by atoms with van der Waals surface area (Å²) < 4.78 is 5.39. The summed E-state index contributed by atoms with van der Waals surface area (Å²) in [7, 11) is 0. The van der Waals surface area contributed by atoms with Crippen molar-refractivity contribution in [2.75, 3.05) is 32.1 Å². The molecule has 144 valence electrons. The predicted molar refractivity (Wildman–Crippen MR) is 111 cm³/mol. The third kappa shape index (κ3) is 6.38. The van der Waals surface area contributed by atoms with Crippen LogP contribution in [0.1, 0.15) is 22.3 Å². The number of nitrogens with zero attached hydrogens (tertiary/aromatic N) is 1. The van der Waals surface area contributed by atoms with E-state index in [1.54, 1.807) is 11.8 Å². The fourth-order valence-electron chi connectivity index (χ4n) is 2.98. The first kappa shape index (κ1) is 19.9. The van der Waals surface area contributed by atoms with Gasteiger partial charge in [-0.25, -0.2) is 0 Å². The van der Waals surface area contributed by atoms with Gasteiger partial charge in [0.1, 0.15) is 0 Å². The van der Waals surface area contributed by atoms with Crippen LogP contribution in [-0.2, 0) is 22.6 Å². The lowest BCUT2D eigenvalue weighted by molar-refractivity contribution is -0.118. The first-order chi connectivity index (χ1) is 13.1. The van der Waals surface area contributed by atoms with E-state index >= 15 is 0 Å². The van der Waals surface area contributed by atoms with E-state index in [4.69, 9.17) is 4.74 Å². The SMILES string of the molecule is Cc1ccc(SCC(=O)NCc2ccc(CN3CCOCC3)cc2)cc1C. The molecule has 0 radical (unpaired) electrons. The lowest BCUT2D eigenvalue weighted by Crippen LogP contribution is -2.35. The number of morpholine rings is 1. The predicted octanol–water partition coefficient (Wildman–Crippen LogP) is 3.54. The summed E-state index contributed by atoms with van der Waals surface area (Å²) >= 11 is 1.58. The fraction of sp³-hybridized carbons (Fsp3) is 0.409. The average molecular weight is 385 g/mol. The Morgan fingerprint density at radius 1 is 1.04 bits per heavy atom. The molecule has 0 aliphatic carbocycles. The van der Waals surface area contributed by atoms with Crippen molar-refractivity contribution in [3.05, 3.63) is 64.7 Å². The van der Waals surface area contributed by atoms with Crippen molar-refractivity contribution < 1.29 is 9.53 Å². The molecule has 1 aliphatic rings. The third-order valence-electron chi connectivity index (χ3n) is 4.87. The van der Waals surface area contributed by atoms with Gasteiger partial charge in [0, 0.05) is 31.1 Å². The Balaban J connectivity index is 1.41. The van der Waals surface area contributed by atoms with E-state index in [9.17, 15) is 4.79 Å². The van der Waals surface area contributed by atoms with Gasteiger partial charge in [-0.3, -0.25) is 9.69 Å². The molecule has 27 heavy (non-hydrogen) atoms. The molecule has 0 saturated carbocycles. The van der Waals surface area contributed by atoms with Crippen molar-refractivity contribution in [3.8, 4) is 0 Å². The second-order valence-corrected chi connectivity index (χ2v) is 8.07. The Labute approximate surface area is 166 Å². The standard InChI is InChI=1S/C22H28N2O2S/c1-17-3-8-21(13-18(17)2)27-16-22(25)23-14-19-4-6-20(7-5-19)15-24-9-11-26-12-10-24/h3-8,13H,9-12,14-16H2,1-2H3,(H,23,25). The van der Waals surface area contributed by atoms with Crippen LogP contribution < -0.4 is 5.32 Å². The lowest BCUT2D eigenvalue weighted by Gasteiger charge is -2.26. The van der Waals surface area contributed by atoms with Gasteiger partial charge in [0.15, 0.2) is 0 Å². The number of rotatable bonds is 7. The highest BCUT2D eigenvalue weighted by atomic mass is 32.2. The zero-order chi connectivity index (χ0) is 19.1. The fourth-order valence-corrected chi connectivity index (χ4v) is 3.81. The van der Waals surface area contributed by atoms with Gasteiger partial charge >= 0.3 is 0 Å². The van der Waals surface area contributed by atoms with Crippen LogP contribution in [0.5, 0.6) is 0 Å². The highest BCUT2D eigenvalue weighted by Gasteiger charge is 2.10. The molecule has 1 aliphatic heterocycles. The third-order valence-corrected chi connectivity index (χ3v) is 5.86. The molecule has 3 rings (SSSR count). The van der Waals surface area contributed by atoms with Gasteiger partial charge < -0.3 is 10.1 Å². The quantitative estimate of drug-likeness (QED) is 0.742. The topological polar surface area (TPSA) is 41.6 Å². The maximum Gasteiger partial charge on any atom is 0.230 e. The lowest BCUT2D eigenvalue weighted by atomic mass is 10.1. The normalized spacial score (nSPS) is 14.9. The summed E-state index contributed by atoms with van der Waals surface area (Å²) in [6.07, 6.45) is 0.